The van der Waals surface area contributed by atoms with Crippen LogP contribution in [-0.2, 0) is 16.8 Å². The first-order chi connectivity index (χ1) is 6.54. The Bertz CT molecular complexity index is 374. The average molecular weight is 211 g/mol. The van der Waals surface area contributed by atoms with Crippen molar-refractivity contribution in [3.63, 3.8) is 0 Å². The summed E-state index contributed by atoms with van der Waals surface area (Å²) >= 11 is 1.52. The summed E-state index contributed by atoms with van der Waals surface area (Å²) in [6.45, 7) is 3.75. The lowest BCUT2D eigenvalue weighted by Gasteiger charge is -2.34. The van der Waals surface area contributed by atoms with Gasteiger partial charge in [-0.05, 0) is 37.3 Å². The molecule has 2 atom stereocenters. The number of carboxylic acid groups (broad SMARTS) is 1. The molecule has 0 fully saturated rings. The van der Waals surface area contributed by atoms with Crippen LogP contribution in [0.5, 0.6) is 0 Å². The van der Waals surface area contributed by atoms with E-state index in [0.29, 0.717) is 0 Å². The summed E-state index contributed by atoms with van der Waals surface area (Å²) in [6.07, 6.45) is 0.918. The molecule has 3 nitrogen and oxygen atoms in total. The standard InChI is InChI=1S/C10H13NO2S/c1-6-5-7-3-4-14-8(7)10(2,11-6)9(12)13/h3-4,6,11H,5H2,1-2H3,(H,12,13). The van der Waals surface area contributed by atoms with E-state index in [1.807, 2.05) is 18.4 Å². The highest BCUT2D eigenvalue weighted by Crippen LogP contribution is 2.34. The summed E-state index contributed by atoms with van der Waals surface area (Å²) in [5.41, 5.74) is 0.271. The Kier molecular flexibility index (Phi) is 2.12. The monoisotopic (exact) mass is 211 g/mol. The predicted molar refractivity (Wildman–Crippen MR) is 55.6 cm³/mol. The third-order valence-electron chi connectivity index (χ3n) is 2.69. The molecule has 0 aliphatic carbocycles. The molecule has 0 bridgehead atoms. The van der Waals surface area contributed by atoms with Crippen molar-refractivity contribution in [2.45, 2.75) is 31.8 Å². The van der Waals surface area contributed by atoms with Crippen molar-refractivity contribution in [3.05, 3.63) is 21.9 Å². The van der Waals surface area contributed by atoms with Crippen LogP contribution < -0.4 is 5.32 Å². The molecule has 2 heterocycles. The highest BCUT2D eigenvalue weighted by molar-refractivity contribution is 7.10. The molecule has 2 rings (SSSR count). The van der Waals surface area contributed by atoms with Crippen LogP contribution in [0.1, 0.15) is 24.3 Å². The van der Waals surface area contributed by atoms with Gasteiger partial charge in [0.15, 0.2) is 0 Å². The van der Waals surface area contributed by atoms with Gasteiger partial charge in [-0.2, -0.15) is 0 Å². The highest BCUT2D eigenvalue weighted by atomic mass is 32.1. The number of carboxylic acids is 1. The lowest BCUT2D eigenvalue weighted by molar-refractivity contribution is -0.145. The molecule has 1 aliphatic rings. The Hall–Kier alpha value is -0.870. The Morgan fingerprint density at radius 2 is 2.50 bits per heavy atom. The maximum atomic E-state index is 11.2. The molecule has 76 valence electrons. The Labute approximate surface area is 86.8 Å². The van der Waals surface area contributed by atoms with Gasteiger partial charge in [-0.25, -0.2) is 4.79 Å². The second-order valence-corrected chi connectivity index (χ2v) is 4.87. The summed E-state index contributed by atoms with van der Waals surface area (Å²) < 4.78 is 0. The third kappa shape index (κ3) is 1.26. The molecule has 0 radical (unpaired) electrons. The van der Waals surface area contributed by atoms with Gasteiger partial charge in [0.25, 0.3) is 0 Å². The van der Waals surface area contributed by atoms with E-state index >= 15 is 0 Å². The van der Waals surface area contributed by atoms with Crippen molar-refractivity contribution in [2.75, 3.05) is 0 Å². The van der Waals surface area contributed by atoms with E-state index in [-0.39, 0.29) is 6.04 Å². The summed E-state index contributed by atoms with van der Waals surface area (Å²) in [7, 11) is 0. The zero-order chi connectivity index (χ0) is 10.3. The van der Waals surface area contributed by atoms with Crippen molar-refractivity contribution in [1.82, 2.24) is 5.32 Å². The van der Waals surface area contributed by atoms with E-state index in [2.05, 4.69) is 5.32 Å². The van der Waals surface area contributed by atoms with Crippen molar-refractivity contribution in [1.29, 1.82) is 0 Å². The van der Waals surface area contributed by atoms with Crippen LogP contribution in [0, 0.1) is 0 Å². The van der Waals surface area contributed by atoms with E-state index in [4.69, 9.17) is 0 Å². The van der Waals surface area contributed by atoms with Gasteiger partial charge >= 0.3 is 5.97 Å². The Morgan fingerprint density at radius 1 is 1.79 bits per heavy atom. The fourth-order valence-electron chi connectivity index (χ4n) is 2.03. The van der Waals surface area contributed by atoms with Crippen molar-refractivity contribution in [3.8, 4) is 0 Å². The van der Waals surface area contributed by atoms with Gasteiger partial charge < -0.3 is 5.11 Å². The molecule has 4 heteroatoms. The highest BCUT2D eigenvalue weighted by Gasteiger charge is 2.42. The van der Waals surface area contributed by atoms with Crippen LogP contribution >= 0.6 is 11.3 Å². The Morgan fingerprint density at radius 3 is 3.14 bits per heavy atom. The molecule has 1 aliphatic heterocycles. The van der Waals surface area contributed by atoms with Crippen LogP contribution in [0.2, 0.25) is 0 Å². The molecule has 0 aromatic carbocycles. The smallest absolute Gasteiger partial charge is 0.329 e. The molecule has 1 aromatic rings. The maximum Gasteiger partial charge on any atom is 0.329 e. The van der Waals surface area contributed by atoms with E-state index in [9.17, 15) is 9.90 Å². The number of hydrogen-bond acceptors (Lipinski definition) is 3. The van der Waals surface area contributed by atoms with Crippen LogP contribution in [0.25, 0.3) is 0 Å². The lowest BCUT2D eigenvalue weighted by atomic mass is 9.88. The summed E-state index contributed by atoms with van der Waals surface area (Å²) in [6, 6.07) is 2.25. The van der Waals surface area contributed by atoms with E-state index in [0.717, 1.165) is 11.3 Å². The number of thiophene rings is 1. The molecule has 0 spiro atoms. The molecule has 14 heavy (non-hydrogen) atoms. The molecular weight excluding hydrogens is 198 g/mol. The minimum absolute atomic E-state index is 0.221. The van der Waals surface area contributed by atoms with E-state index in [1.165, 1.54) is 16.9 Å². The second-order valence-electron chi connectivity index (χ2n) is 3.95. The average Bonchev–Trinajstić information content (AvgIpc) is 2.51. The van der Waals surface area contributed by atoms with Gasteiger partial charge in [0.2, 0.25) is 0 Å². The van der Waals surface area contributed by atoms with E-state index in [1.54, 1.807) is 6.92 Å². The van der Waals surface area contributed by atoms with Gasteiger partial charge in [-0.15, -0.1) is 11.3 Å². The van der Waals surface area contributed by atoms with Crippen LogP contribution in [0.15, 0.2) is 11.4 Å². The minimum Gasteiger partial charge on any atom is -0.480 e. The number of fused-ring (bicyclic) bond motifs is 1. The van der Waals surface area contributed by atoms with Crippen molar-refractivity contribution >= 4 is 17.3 Å². The third-order valence-corrected chi connectivity index (χ3v) is 3.87. The zero-order valence-electron chi connectivity index (χ0n) is 8.20. The molecule has 0 saturated carbocycles. The number of carbonyl (C=O) groups is 1. The first kappa shape index (κ1) is 9.68. The number of hydrogen-bond donors (Lipinski definition) is 2. The maximum absolute atomic E-state index is 11.2. The normalized spacial score (nSPS) is 31.1. The lowest BCUT2D eigenvalue weighted by Crippen LogP contribution is -2.53. The first-order valence-corrected chi connectivity index (χ1v) is 5.50. The summed E-state index contributed by atoms with van der Waals surface area (Å²) in [5.74, 6) is -0.798. The fourth-order valence-corrected chi connectivity index (χ4v) is 3.09. The van der Waals surface area contributed by atoms with Gasteiger partial charge in [-0.1, -0.05) is 0 Å². The molecule has 2 N–H and O–H groups in total. The van der Waals surface area contributed by atoms with Crippen LogP contribution in [-0.4, -0.2) is 17.1 Å². The summed E-state index contributed by atoms with van der Waals surface area (Å²) in [5, 5.41) is 14.3. The molecule has 1 aromatic heterocycles. The fraction of sp³-hybridized carbons (Fsp3) is 0.500. The number of nitrogens with one attached hydrogen (secondary N) is 1. The van der Waals surface area contributed by atoms with Crippen molar-refractivity contribution < 1.29 is 9.90 Å². The van der Waals surface area contributed by atoms with Gasteiger partial charge in [0.1, 0.15) is 5.54 Å². The quantitative estimate of drug-likeness (QED) is 0.741. The predicted octanol–water partition coefficient (Wildman–Crippen LogP) is 1.58. The van der Waals surface area contributed by atoms with Crippen LogP contribution in [0.3, 0.4) is 0 Å². The van der Waals surface area contributed by atoms with Crippen molar-refractivity contribution in [2.24, 2.45) is 0 Å². The van der Waals surface area contributed by atoms with E-state index < -0.39 is 11.5 Å². The molecule has 2 unspecified atom stereocenters. The minimum atomic E-state index is -0.902. The second kappa shape index (κ2) is 3.07. The van der Waals surface area contributed by atoms with Gasteiger partial charge in [0, 0.05) is 10.9 Å². The molecular formula is C10H13NO2S. The Balaban J connectivity index is 2.51. The molecule has 0 amide bonds. The van der Waals surface area contributed by atoms with Crippen LogP contribution in [0.4, 0.5) is 0 Å². The number of rotatable bonds is 1. The largest absolute Gasteiger partial charge is 0.480 e. The zero-order valence-corrected chi connectivity index (χ0v) is 9.02. The topological polar surface area (TPSA) is 49.3 Å². The SMILES string of the molecule is CC1Cc2ccsc2C(C)(C(=O)O)N1. The van der Waals surface area contributed by atoms with Gasteiger partial charge in [0.05, 0.1) is 0 Å². The van der Waals surface area contributed by atoms with Gasteiger partial charge in [-0.3, -0.25) is 5.32 Å². The number of aliphatic carboxylic acids is 1. The summed E-state index contributed by atoms with van der Waals surface area (Å²) in [4.78, 5) is 12.2. The first-order valence-electron chi connectivity index (χ1n) is 4.62. The molecule has 0 saturated heterocycles.